The number of hydrogen-bond donors (Lipinski definition) is 2. The van der Waals surface area contributed by atoms with Crippen LogP contribution in [0.3, 0.4) is 0 Å². The first-order valence-electron chi connectivity index (χ1n) is 19.2. The summed E-state index contributed by atoms with van der Waals surface area (Å²) in [5.41, 5.74) is 3.14. The summed E-state index contributed by atoms with van der Waals surface area (Å²) in [5.74, 6) is -1.31. The summed E-state index contributed by atoms with van der Waals surface area (Å²) < 4.78 is 30.3. The number of aromatic nitrogens is 5. The maximum Gasteiger partial charge on any atom is 0.262 e. The Morgan fingerprint density at radius 2 is 1.79 bits per heavy atom. The van der Waals surface area contributed by atoms with Crippen molar-refractivity contribution in [2.75, 3.05) is 43.1 Å². The van der Waals surface area contributed by atoms with Gasteiger partial charge in [-0.3, -0.25) is 38.9 Å². The maximum absolute atomic E-state index is 15.3. The normalized spacial score (nSPS) is 19.4. The first kappa shape index (κ1) is 36.4. The quantitative estimate of drug-likeness (QED) is 0.166. The number of amides is 5. The fourth-order valence-corrected chi connectivity index (χ4v) is 7.72. The van der Waals surface area contributed by atoms with Gasteiger partial charge >= 0.3 is 0 Å². The second-order valence-corrected chi connectivity index (χ2v) is 15.2. The fraction of sp³-hybridized carbons (Fsp3) is 0.400. The smallest absolute Gasteiger partial charge is 0.262 e. The molecular weight excluding hydrogens is 737 g/mol. The van der Waals surface area contributed by atoms with E-state index in [4.69, 9.17) is 9.47 Å². The second kappa shape index (κ2) is 15.0. The van der Waals surface area contributed by atoms with Crippen LogP contribution >= 0.6 is 0 Å². The number of benzene rings is 2. The van der Waals surface area contributed by atoms with Gasteiger partial charge in [-0.05, 0) is 74.3 Å². The molecule has 2 N–H and O–H groups in total. The molecule has 4 aliphatic rings. The van der Waals surface area contributed by atoms with Gasteiger partial charge in [0, 0.05) is 61.8 Å². The van der Waals surface area contributed by atoms with E-state index in [2.05, 4.69) is 30.7 Å². The molecule has 2 aromatic carbocycles. The van der Waals surface area contributed by atoms with Crippen LogP contribution in [0.5, 0.6) is 5.75 Å². The van der Waals surface area contributed by atoms with Crippen molar-refractivity contribution < 1.29 is 37.8 Å². The molecule has 9 rings (SSSR count). The van der Waals surface area contributed by atoms with Gasteiger partial charge in [0.05, 0.1) is 48.3 Å². The highest BCUT2D eigenvalue weighted by Crippen LogP contribution is 2.35. The van der Waals surface area contributed by atoms with E-state index < -0.39 is 35.8 Å². The van der Waals surface area contributed by atoms with Gasteiger partial charge in [0.2, 0.25) is 11.8 Å². The summed E-state index contributed by atoms with van der Waals surface area (Å²) in [5, 5.41) is 14.7. The Balaban J connectivity index is 0.775. The SMILES string of the molecule is O=C1CCC(N2C(=O)c3ccc(N4CCC(COC[C@H](F)Cn5cc6cc(NC(=O)c7cnn8cccnc78)c(OCC7CC7)cc6n5)CC4)cc3C2=O)C(=O)N1. The summed E-state index contributed by atoms with van der Waals surface area (Å²) >= 11 is 0. The summed E-state index contributed by atoms with van der Waals surface area (Å²) in [7, 11) is 0. The van der Waals surface area contributed by atoms with Crippen molar-refractivity contribution in [3.05, 3.63) is 77.9 Å². The zero-order valence-corrected chi connectivity index (χ0v) is 30.9. The van der Waals surface area contributed by atoms with Gasteiger partial charge in [0.1, 0.15) is 23.5 Å². The first-order chi connectivity index (χ1) is 27.7. The van der Waals surface area contributed by atoms with E-state index in [1.807, 2.05) is 0 Å². The van der Waals surface area contributed by atoms with Crippen molar-refractivity contribution >= 4 is 57.5 Å². The number of halogens is 1. The van der Waals surface area contributed by atoms with Crippen LogP contribution in [-0.2, 0) is 20.9 Å². The highest BCUT2D eigenvalue weighted by Gasteiger charge is 2.45. The number of ether oxygens (including phenoxy) is 2. The number of fused-ring (bicyclic) bond motifs is 3. The van der Waals surface area contributed by atoms with Gasteiger partial charge < -0.3 is 19.7 Å². The zero-order chi connectivity index (χ0) is 39.2. The minimum atomic E-state index is -1.31. The number of imide groups is 2. The summed E-state index contributed by atoms with van der Waals surface area (Å²) in [6.45, 7) is 2.21. The molecule has 0 bridgehead atoms. The number of anilines is 2. The lowest BCUT2D eigenvalue weighted by atomic mass is 9.97. The topological polar surface area (TPSA) is 182 Å². The maximum atomic E-state index is 15.3. The van der Waals surface area contributed by atoms with Crippen LogP contribution in [0, 0.1) is 11.8 Å². The summed E-state index contributed by atoms with van der Waals surface area (Å²) in [6, 6.07) is 9.40. The van der Waals surface area contributed by atoms with Crippen LogP contribution in [-0.4, -0.2) is 104 Å². The van der Waals surface area contributed by atoms with E-state index >= 15 is 4.39 Å². The standard InChI is InChI=1S/C40H40FN9O7/c41-26(19-48-18-25-14-32(34(16-31(25)46-48)57-21-23-2-3-23)44-37(52)30-17-43-49-11-1-10-42-36(30)49)22-56-20-24-8-12-47(13-9-24)27-4-5-28-29(15-27)40(55)50(39(28)54)33-6-7-35(51)45-38(33)53/h1,4-5,10-11,14-18,23-24,26,33H,2-3,6-9,12-13,19-22H2,(H,44,52)(H,45,51,53)/t26-,33?/m1/s1. The van der Waals surface area contributed by atoms with Gasteiger partial charge in [0.25, 0.3) is 17.7 Å². The molecular formula is C40H40FN9O7. The number of hydrogen-bond acceptors (Lipinski definition) is 11. The lowest BCUT2D eigenvalue weighted by Gasteiger charge is -2.33. The average Bonchev–Trinajstić information content (AvgIpc) is 3.72. The largest absolute Gasteiger partial charge is 0.491 e. The number of carbonyl (C=O) groups is 5. The molecule has 2 atom stereocenters. The van der Waals surface area contributed by atoms with Gasteiger partial charge in [-0.15, -0.1) is 0 Å². The lowest BCUT2D eigenvalue weighted by Crippen LogP contribution is -2.54. The van der Waals surface area contributed by atoms with Crippen molar-refractivity contribution in [3.8, 4) is 5.75 Å². The average molecular weight is 778 g/mol. The number of piperidine rings is 2. The summed E-state index contributed by atoms with van der Waals surface area (Å²) in [4.78, 5) is 71.1. The number of rotatable bonds is 13. The highest BCUT2D eigenvalue weighted by atomic mass is 19.1. The van der Waals surface area contributed by atoms with E-state index in [-0.39, 0.29) is 48.9 Å². The monoisotopic (exact) mass is 777 g/mol. The molecule has 3 aliphatic heterocycles. The molecule has 16 nitrogen and oxygen atoms in total. The van der Waals surface area contributed by atoms with E-state index in [0.717, 1.165) is 36.3 Å². The molecule has 57 heavy (non-hydrogen) atoms. The van der Waals surface area contributed by atoms with Crippen LogP contribution in [0.25, 0.3) is 16.6 Å². The van der Waals surface area contributed by atoms with Crippen LogP contribution in [0.15, 0.2) is 61.2 Å². The second-order valence-electron chi connectivity index (χ2n) is 15.2. The number of nitrogens with one attached hydrogen (secondary N) is 2. The Morgan fingerprint density at radius 3 is 2.60 bits per heavy atom. The van der Waals surface area contributed by atoms with Crippen molar-refractivity contribution in [1.82, 2.24) is 34.6 Å². The fourth-order valence-electron chi connectivity index (χ4n) is 7.72. The minimum Gasteiger partial charge on any atom is -0.491 e. The molecule has 5 amide bonds. The third-order valence-corrected chi connectivity index (χ3v) is 11.0. The molecule has 17 heteroatoms. The third-order valence-electron chi connectivity index (χ3n) is 11.0. The Kier molecular flexibility index (Phi) is 9.60. The number of nitrogens with zero attached hydrogens (tertiary/aromatic N) is 7. The molecule has 294 valence electrons. The Labute approximate surface area is 325 Å². The molecule has 1 saturated carbocycles. The minimum absolute atomic E-state index is 0.0122. The molecule has 5 aromatic rings. The Morgan fingerprint density at radius 1 is 0.982 bits per heavy atom. The van der Waals surface area contributed by atoms with Crippen LogP contribution in [0.1, 0.15) is 69.6 Å². The molecule has 3 fully saturated rings. The zero-order valence-electron chi connectivity index (χ0n) is 30.9. The van der Waals surface area contributed by atoms with Crippen molar-refractivity contribution in [2.45, 2.75) is 57.3 Å². The highest BCUT2D eigenvalue weighted by molar-refractivity contribution is 6.23. The van der Waals surface area contributed by atoms with E-state index in [1.54, 1.807) is 59.7 Å². The van der Waals surface area contributed by atoms with Crippen molar-refractivity contribution in [3.63, 3.8) is 0 Å². The van der Waals surface area contributed by atoms with E-state index in [1.165, 1.54) is 10.7 Å². The molecule has 3 aromatic heterocycles. The van der Waals surface area contributed by atoms with Crippen molar-refractivity contribution in [1.29, 1.82) is 0 Å². The predicted molar refractivity (Wildman–Crippen MR) is 203 cm³/mol. The Bertz CT molecular complexity index is 2420. The number of carbonyl (C=O) groups excluding carboxylic acids is 5. The van der Waals surface area contributed by atoms with E-state index in [0.29, 0.717) is 65.8 Å². The van der Waals surface area contributed by atoms with E-state index in [9.17, 15) is 24.0 Å². The van der Waals surface area contributed by atoms with Crippen LogP contribution in [0.4, 0.5) is 15.8 Å². The molecule has 1 unspecified atom stereocenters. The molecule has 1 aliphatic carbocycles. The lowest BCUT2D eigenvalue weighted by molar-refractivity contribution is -0.136. The molecule has 6 heterocycles. The third kappa shape index (κ3) is 7.41. The van der Waals surface area contributed by atoms with Crippen molar-refractivity contribution in [2.24, 2.45) is 11.8 Å². The molecule has 2 saturated heterocycles. The van der Waals surface area contributed by atoms with Gasteiger partial charge in [-0.1, -0.05) is 0 Å². The van der Waals surface area contributed by atoms with Gasteiger partial charge in [-0.25, -0.2) is 13.9 Å². The van der Waals surface area contributed by atoms with Gasteiger partial charge in [-0.2, -0.15) is 10.2 Å². The van der Waals surface area contributed by atoms with Crippen LogP contribution < -0.4 is 20.3 Å². The predicted octanol–water partition coefficient (Wildman–Crippen LogP) is 3.79. The summed E-state index contributed by atoms with van der Waals surface area (Å²) in [6.07, 6.45) is 9.18. The van der Waals surface area contributed by atoms with Gasteiger partial charge in [0.15, 0.2) is 5.65 Å². The molecule has 0 radical (unpaired) electrons. The first-order valence-corrected chi connectivity index (χ1v) is 19.2. The van der Waals surface area contributed by atoms with Crippen LogP contribution in [0.2, 0.25) is 0 Å². The molecule has 0 spiro atoms. The Hall–Kier alpha value is -6.23. The number of alkyl halides is 1.